The van der Waals surface area contributed by atoms with Crippen LogP contribution in [0.3, 0.4) is 0 Å². The van der Waals surface area contributed by atoms with Crippen molar-refractivity contribution in [3.05, 3.63) is 95.6 Å². The number of carbonyl (C=O) groups excluding carboxylic acids is 3. The van der Waals surface area contributed by atoms with Crippen LogP contribution in [-0.2, 0) is 9.59 Å². The molecule has 0 aromatic heterocycles. The van der Waals surface area contributed by atoms with Crippen molar-refractivity contribution in [3.8, 4) is 11.8 Å². The lowest BCUT2D eigenvalue weighted by Gasteiger charge is -2.27. The van der Waals surface area contributed by atoms with Gasteiger partial charge in [0.2, 0.25) is 5.78 Å². The first-order chi connectivity index (χ1) is 15.0. The molecule has 1 saturated heterocycles. The third kappa shape index (κ3) is 3.58. The molecular weight excluding hydrogens is 392 g/mol. The van der Waals surface area contributed by atoms with Gasteiger partial charge in [-0.2, -0.15) is 5.26 Å². The number of methoxy groups -OCH3 is 1. The van der Waals surface area contributed by atoms with Gasteiger partial charge in [-0.1, -0.05) is 30.3 Å². The van der Waals surface area contributed by atoms with Crippen molar-refractivity contribution in [2.24, 2.45) is 5.92 Å². The number of hydrogen-bond donors (Lipinski definition) is 0. The highest BCUT2D eigenvalue weighted by Crippen LogP contribution is 2.41. The molecule has 3 aromatic rings. The molecule has 1 heterocycles. The van der Waals surface area contributed by atoms with Crippen molar-refractivity contribution >= 4 is 23.2 Å². The van der Waals surface area contributed by atoms with Gasteiger partial charge in [-0.05, 0) is 54.1 Å². The fourth-order valence-corrected chi connectivity index (χ4v) is 3.83. The average molecular weight is 410 g/mol. The molecule has 2 atom stereocenters. The van der Waals surface area contributed by atoms with E-state index in [4.69, 9.17) is 10.00 Å². The minimum absolute atomic E-state index is 0.328. The fourth-order valence-electron chi connectivity index (χ4n) is 3.83. The van der Waals surface area contributed by atoms with Gasteiger partial charge in [0, 0.05) is 11.3 Å². The quantitative estimate of drug-likeness (QED) is 0.363. The van der Waals surface area contributed by atoms with Crippen molar-refractivity contribution in [2.75, 3.05) is 12.0 Å². The summed E-state index contributed by atoms with van der Waals surface area (Å²) in [7, 11) is 1.52. The third-order valence-corrected chi connectivity index (χ3v) is 5.38. The molecule has 6 nitrogen and oxygen atoms in total. The van der Waals surface area contributed by atoms with Gasteiger partial charge in [0.05, 0.1) is 24.8 Å². The second-order valence-electron chi connectivity index (χ2n) is 7.12. The van der Waals surface area contributed by atoms with Gasteiger partial charge in [-0.3, -0.25) is 19.3 Å². The maximum atomic E-state index is 13.4. The van der Waals surface area contributed by atoms with E-state index in [9.17, 15) is 14.4 Å². The first-order valence-corrected chi connectivity index (χ1v) is 9.66. The average Bonchev–Trinajstić information content (AvgIpc) is 3.09. The molecule has 0 spiro atoms. The Bertz CT molecular complexity index is 1180. The molecule has 6 heteroatoms. The second-order valence-corrected chi connectivity index (χ2v) is 7.12. The number of nitriles is 1. The molecule has 0 saturated carbocycles. The topological polar surface area (TPSA) is 87.5 Å². The number of nitrogens with zero attached hydrogens (tertiary/aromatic N) is 2. The highest BCUT2D eigenvalue weighted by atomic mass is 16.5. The molecule has 3 aromatic carbocycles. The van der Waals surface area contributed by atoms with Gasteiger partial charge >= 0.3 is 0 Å². The van der Waals surface area contributed by atoms with Crippen molar-refractivity contribution < 1.29 is 19.1 Å². The number of Topliss-reactive ketones (excluding diaryl/α,β-unsaturated/α-hetero) is 2. The maximum absolute atomic E-state index is 13.4. The summed E-state index contributed by atoms with van der Waals surface area (Å²) in [5.41, 5.74) is 1.90. The summed E-state index contributed by atoms with van der Waals surface area (Å²) < 4.78 is 5.13. The van der Waals surface area contributed by atoms with Crippen LogP contribution in [0.1, 0.15) is 27.5 Å². The summed E-state index contributed by atoms with van der Waals surface area (Å²) in [5, 5.41) is 9.06. The predicted octanol–water partition coefficient (Wildman–Crippen LogP) is 3.72. The molecule has 1 aliphatic rings. The molecule has 152 valence electrons. The van der Waals surface area contributed by atoms with Gasteiger partial charge in [-0.25, -0.2) is 0 Å². The van der Waals surface area contributed by atoms with E-state index in [0.29, 0.717) is 28.1 Å². The summed E-state index contributed by atoms with van der Waals surface area (Å²) in [6.07, 6.45) is 0. The lowest BCUT2D eigenvalue weighted by molar-refractivity contribution is -0.135. The van der Waals surface area contributed by atoms with E-state index in [1.807, 2.05) is 12.1 Å². The van der Waals surface area contributed by atoms with Crippen LogP contribution >= 0.6 is 0 Å². The minimum Gasteiger partial charge on any atom is -0.497 e. The number of ether oxygens (including phenoxy) is 1. The Labute approximate surface area is 179 Å². The molecule has 0 bridgehead atoms. The zero-order valence-electron chi connectivity index (χ0n) is 16.7. The van der Waals surface area contributed by atoms with E-state index < -0.39 is 29.4 Å². The van der Waals surface area contributed by atoms with Crippen LogP contribution in [0.15, 0.2) is 78.9 Å². The Morgan fingerprint density at radius 2 is 1.58 bits per heavy atom. The van der Waals surface area contributed by atoms with Crippen molar-refractivity contribution in [3.63, 3.8) is 0 Å². The molecule has 4 rings (SSSR count). The van der Waals surface area contributed by atoms with Crippen molar-refractivity contribution in [1.29, 1.82) is 5.26 Å². The highest BCUT2D eigenvalue weighted by Gasteiger charge is 2.52. The number of carbonyl (C=O) groups is 3. The number of hydrogen-bond acceptors (Lipinski definition) is 5. The van der Waals surface area contributed by atoms with Gasteiger partial charge in [-0.15, -0.1) is 0 Å². The van der Waals surface area contributed by atoms with Crippen LogP contribution in [0, 0.1) is 17.2 Å². The van der Waals surface area contributed by atoms with Gasteiger partial charge in [0.15, 0.2) is 5.78 Å². The van der Waals surface area contributed by atoms with Crippen LogP contribution in [-0.4, -0.2) is 24.6 Å². The van der Waals surface area contributed by atoms with E-state index in [2.05, 4.69) is 0 Å². The maximum Gasteiger partial charge on any atom is 0.295 e. The van der Waals surface area contributed by atoms with Gasteiger partial charge in [0.1, 0.15) is 11.7 Å². The molecule has 1 aliphatic heterocycles. The molecule has 1 fully saturated rings. The highest BCUT2D eigenvalue weighted by molar-refractivity contribution is 6.49. The minimum atomic E-state index is -1.18. The van der Waals surface area contributed by atoms with Crippen LogP contribution in [0.4, 0.5) is 5.69 Å². The van der Waals surface area contributed by atoms with Crippen LogP contribution < -0.4 is 9.64 Å². The third-order valence-electron chi connectivity index (χ3n) is 5.38. The largest absolute Gasteiger partial charge is 0.497 e. The zero-order valence-corrected chi connectivity index (χ0v) is 16.7. The number of benzene rings is 3. The predicted molar refractivity (Wildman–Crippen MR) is 114 cm³/mol. The van der Waals surface area contributed by atoms with Crippen molar-refractivity contribution in [2.45, 2.75) is 6.04 Å². The molecule has 1 amide bonds. The Hall–Kier alpha value is -4.24. The summed E-state index contributed by atoms with van der Waals surface area (Å²) in [6, 6.07) is 23.1. The standard InChI is InChI=1S/C25H18N2O4/c1-31-20-13-9-18(10-14-20)23(28)21-22(17-5-3-2-4-6-17)27(25(30)24(21)29)19-11-7-16(15-26)8-12-19/h2-14,21-22H,1H3. The molecule has 0 aliphatic carbocycles. The number of anilines is 1. The summed E-state index contributed by atoms with van der Waals surface area (Å²) in [4.78, 5) is 40.8. The monoisotopic (exact) mass is 410 g/mol. The zero-order chi connectivity index (χ0) is 22.0. The van der Waals surface area contributed by atoms with E-state index in [1.165, 1.54) is 12.0 Å². The Balaban J connectivity index is 1.81. The van der Waals surface area contributed by atoms with E-state index in [-0.39, 0.29) is 0 Å². The Morgan fingerprint density at radius 1 is 0.935 bits per heavy atom. The molecule has 0 radical (unpaired) electrons. The molecule has 0 N–H and O–H groups in total. The smallest absolute Gasteiger partial charge is 0.295 e. The molecule has 31 heavy (non-hydrogen) atoms. The molecule has 2 unspecified atom stereocenters. The van der Waals surface area contributed by atoms with Gasteiger partial charge < -0.3 is 4.74 Å². The van der Waals surface area contributed by atoms with Gasteiger partial charge in [0.25, 0.3) is 5.91 Å². The number of rotatable bonds is 5. The van der Waals surface area contributed by atoms with E-state index in [0.717, 1.165) is 0 Å². The van der Waals surface area contributed by atoms with E-state index >= 15 is 0 Å². The van der Waals surface area contributed by atoms with Crippen LogP contribution in [0.2, 0.25) is 0 Å². The lowest BCUT2D eigenvalue weighted by Crippen LogP contribution is -2.30. The Morgan fingerprint density at radius 3 is 2.16 bits per heavy atom. The first kappa shape index (κ1) is 20.0. The van der Waals surface area contributed by atoms with Crippen LogP contribution in [0.5, 0.6) is 5.75 Å². The lowest BCUT2D eigenvalue weighted by atomic mass is 9.86. The second kappa shape index (κ2) is 8.25. The Kier molecular flexibility index (Phi) is 5.33. The fraction of sp³-hybridized carbons (Fsp3) is 0.120. The summed E-state index contributed by atoms with van der Waals surface area (Å²) in [5.74, 6) is -2.52. The SMILES string of the molecule is COc1ccc(C(=O)C2C(=O)C(=O)N(c3ccc(C#N)cc3)C2c2ccccc2)cc1. The van der Waals surface area contributed by atoms with Crippen molar-refractivity contribution in [1.82, 2.24) is 0 Å². The normalized spacial score (nSPS) is 18.0. The van der Waals surface area contributed by atoms with E-state index in [1.54, 1.807) is 72.8 Å². The number of ketones is 2. The first-order valence-electron chi connectivity index (χ1n) is 9.66. The summed E-state index contributed by atoms with van der Waals surface area (Å²) >= 11 is 0. The molecular formula is C25H18N2O4. The van der Waals surface area contributed by atoms with Crippen LogP contribution in [0.25, 0.3) is 0 Å². The summed E-state index contributed by atoms with van der Waals surface area (Å²) in [6.45, 7) is 0. The number of amides is 1.